The Balaban J connectivity index is 2.41. The maximum absolute atomic E-state index is 13.7. The lowest BCUT2D eigenvalue weighted by atomic mass is 9.97. The molecule has 2 aromatic rings. The van der Waals surface area contributed by atoms with E-state index < -0.39 is 17.9 Å². The normalized spacial score (nSPS) is 13.4. The van der Waals surface area contributed by atoms with E-state index >= 15 is 0 Å². The standard InChI is InChI=1S/C17H12Cl3F4N/c18-13-6-11(7-14(19)16(13)20)12(17(22,23)24)4-2-9-1-3-10(8-25)15(21)5-9/h1-7,12H,8,25H2. The second-order valence-corrected chi connectivity index (χ2v) is 6.42. The molecule has 0 saturated heterocycles. The maximum Gasteiger partial charge on any atom is 0.399 e. The maximum atomic E-state index is 13.7. The average molecular weight is 413 g/mol. The summed E-state index contributed by atoms with van der Waals surface area (Å²) in [5, 5.41) is -0.174. The van der Waals surface area contributed by atoms with Crippen molar-refractivity contribution in [2.75, 3.05) is 0 Å². The monoisotopic (exact) mass is 411 g/mol. The summed E-state index contributed by atoms with van der Waals surface area (Å²) in [6, 6.07) is 6.24. The van der Waals surface area contributed by atoms with Gasteiger partial charge in [-0.05, 0) is 29.3 Å². The number of allylic oxidation sites excluding steroid dienone is 1. The Morgan fingerprint density at radius 1 is 1.04 bits per heavy atom. The fraction of sp³-hybridized carbons (Fsp3) is 0.176. The lowest BCUT2D eigenvalue weighted by Gasteiger charge is -2.18. The minimum atomic E-state index is -4.59. The van der Waals surface area contributed by atoms with Crippen LogP contribution in [0.1, 0.15) is 22.6 Å². The molecule has 25 heavy (non-hydrogen) atoms. The van der Waals surface area contributed by atoms with Crippen molar-refractivity contribution in [3.8, 4) is 0 Å². The SMILES string of the molecule is NCc1ccc(C=CC(c2cc(Cl)c(Cl)c(Cl)c2)C(F)(F)F)cc1F. The van der Waals surface area contributed by atoms with Gasteiger partial charge in [-0.1, -0.05) is 59.1 Å². The van der Waals surface area contributed by atoms with Crippen LogP contribution in [0.4, 0.5) is 17.6 Å². The topological polar surface area (TPSA) is 26.0 Å². The van der Waals surface area contributed by atoms with Gasteiger partial charge in [-0.3, -0.25) is 0 Å². The molecule has 0 saturated carbocycles. The van der Waals surface area contributed by atoms with Crippen molar-refractivity contribution in [3.05, 3.63) is 74.0 Å². The first-order valence-corrected chi connectivity index (χ1v) is 8.14. The van der Waals surface area contributed by atoms with Crippen LogP contribution in [-0.2, 0) is 6.54 Å². The molecule has 0 bridgehead atoms. The summed E-state index contributed by atoms with van der Waals surface area (Å²) in [5.41, 5.74) is 5.74. The smallest absolute Gasteiger partial charge is 0.326 e. The summed E-state index contributed by atoms with van der Waals surface area (Å²) in [6.45, 7) is 0.00275. The summed E-state index contributed by atoms with van der Waals surface area (Å²) < 4.78 is 53.9. The third-order valence-corrected chi connectivity index (χ3v) is 4.69. The van der Waals surface area contributed by atoms with Crippen molar-refractivity contribution >= 4 is 40.9 Å². The van der Waals surface area contributed by atoms with Crippen molar-refractivity contribution in [2.24, 2.45) is 5.73 Å². The number of benzene rings is 2. The van der Waals surface area contributed by atoms with Gasteiger partial charge >= 0.3 is 6.18 Å². The van der Waals surface area contributed by atoms with Crippen LogP contribution in [0.5, 0.6) is 0 Å². The minimum absolute atomic E-state index is 0.00275. The molecule has 1 atom stereocenters. The van der Waals surface area contributed by atoms with Crippen LogP contribution in [0.2, 0.25) is 15.1 Å². The molecule has 0 aliphatic heterocycles. The largest absolute Gasteiger partial charge is 0.399 e. The van der Waals surface area contributed by atoms with E-state index in [1.807, 2.05) is 0 Å². The molecule has 1 nitrogen and oxygen atoms in total. The highest BCUT2D eigenvalue weighted by molar-refractivity contribution is 6.48. The quantitative estimate of drug-likeness (QED) is 0.444. The Hall–Kier alpha value is -1.27. The fourth-order valence-corrected chi connectivity index (χ4v) is 2.82. The van der Waals surface area contributed by atoms with Crippen LogP contribution in [0.25, 0.3) is 6.08 Å². The third kappa shape index (κ3) is 4.88. The molecule has 2 N–H and O–H groups in total. The van der Waals surface area contributed by atoms with E-state index in [0.717, 1.165) is 24.3 Å². The van der Waals surface area contributed by atoms with Crippen molar-refractivity contribution < 1.29 is 17.6 Å². The minimum Gasteiger partial charge on any atom is -0.326 e. The van der Waals surface area contributed by atoms with E-state index in [2.05, 4.69) is 0 Å². The second kappa shape index (κ2) is 7.96. The van der Waals surface area contributed by atoms with Gasteiger partial charge in [0, 0.05) is 12.1 Å². The number of halogens is 7. The van der Waals surface area contributed by atoms with Crippen molar-refractivity contribution in [2.45, 2.75) is 18.6 Å². The van der Waals surface area contributed by atoms with E-state index in [9.17, 15) is 17.6 Å². The van der Waals surface area contributed by atoms with E-state index in [0.29, 0.717) is 0 Å². The Bertz CT molecular complexity index is 780. The van der Waals surface area contributed by atoms with Crippen LogP contribution < -0.4 is 5.73 Å². The van der Waals surface area contributed by atoms with Crippen molar-refractivity contribution in [3.63, 3.8) is 0 Å². The number of alkyl halides is 3. The molecule has 8 heteroatoms. The Labute approximate surface area is 157 Å². The third-order valence-electron chi connectivity index (χ3n) is 3.50. The Morgan fingerprint density at radius 3 is 2.12 bits per heavy atom. The van der Waals surface area contributed by atoms with Gasteiger partial charge in [-0.15, -0.1) is 0 Å². The van der Waals surface area contributed by atoms with Gasteiger partial charge < -0.3 is 5.73 Å². The highest BCUT2D eigenvalue weighted by Crippen LogP contribution is 2.41. The van der Waals surface area contributed by atoms with Gasteiger partial charge in [0.05, 0.1) is 21.0 Å². The molecule has 2 aromatic carbocycles. The summed E-state index contributed by atoms with van der Waals surface area (Å²) >= 11 is 17.4. The highest BCUT2D eigenvalue weighted by atomic mass is 35.5. The Kier molecular flexibility index (Phi) is 6.38. The lowest BCUT2D eigenvalue weighted by Crippen LogP contribution is -2.19. The molecule has 0 aliphatic rings. The molecule has 0 aromatic heterocycles. The van der Waals surface area contributed by atoms with Crippen LogP contribution in [0, 0.1) is 5.82 Å². The molecule has 1 unspecified atom stereocenters. The summed E-state index contributed by atoms with van der Waals surface area (Å²) in [4.78, 5) is 0. The molecule has 2 rings (SSSR count). The van der Waals surface area contributed by atoms with E-state index in [1.54, 1.807) is 0 Å². The first-order valence-electron chi connectivity index (χ1n) is 7.01. The zero-order valence-corrected chi connectivity index (χ0v) is 14.8. The fourth-order valence-electron chi connectivity index (χ4n) is 2.20. The predicted octanol–water partition coefficient (Wildman–Crippen LogP) is 6.60. The molecule has 134 valence electrons. The van der Waals surface area contributed by atoms with Gasteiger partial charge in [0.15, 0.2) is 0 Å². The molecule has 0 heterocycles. The van der Waals surface area contributed by atoms with Gasteiger partial charge in [-0.2, -0.15) is 13.2 Å². The predicted molar refractivity (Wildman–Crippen MR) is 93.6 cm³/mol. The van der Waals surface area contributed by atoms with Gasteiger partial charge in [0.25, 0.3) is 0 Å². The average Bonchev–Trinajstić information content (AvgIpc) is 2.51. The Morgan fingerprint density at radius 2 is 1.64 bits per heavy atom. The summed E-state index contributed by atoms with van der Waals surface area (Å²) in [5.74, 6) is -2.55. The van der Waals surface area contributed by atoms with E-state index in [4.69, 9.17) is 40.5 Å². The number of hydrogen-bond donors (Lipinski definition) is 1. The summed E-state index contributed by atoms with van der Waals surface area (Å²) in [7, 11) is 0. The van der Waals surface area contributed by atoms with Gasteiger partial charge in [-0.25, -0.2) is 4.39 Å². The summed E-state index contributed by atoms with van der Waals surface area (Å²) in [6.07, 6.45) is -2.50. The van der Waals surface area contributed by atoms with Crippen LogP contribution >= 0.6 is 34.8 Å². The van der Waals surface area contributed by atoms with Crippen molar-refractivity contribution in [1.29, 1.82) is 0 Å². The zero-order chi connectivity index (χ0) is 18.8. The molecule has 0 fully saturated rings. The van der Waals surface area contributed by atoms with Gasteiger partial charge in [0.2, 0.25) is 0 Å². The van der Waals surface area contributed by atoms with Crippen LogP contribution in [0.15, 0.2) is 36.4 Å². The molecule has 0 spiro atoms. The van der Waals surface area contributed by atoms with Crippen molar-refractivity contribution in [1.82, 2.24) is 0 Å². The number of nitrogens with two attached hydrogens (primary N) is 1. The van der Waals surface area contributed by atoms with E-state index in [-0.39, 0.29) is 38.3 Å². The van der Waals surface area contributed by atoms with Crippen LogP contribution in [-0.4, -0.2) is 6.18 Å². The highest BCUT2D eigenvalue weighted by Gasteiger charge is 2.39. The molecule has 0 aliphatic carbocycles. The van der Waals surface area contributed by atoms with Gasteiger partial charge in [0.1, 0.15) is 5.82 Å². The van der Waals surface area contributed by atoms with E-state index in [1.165, 1.54) is 18.2 Å². The molecule has 0 amide bonds. The molecular formula is C17H12Cl3F4N. The second-order valence-electron chi connectivity index (χ2n) is 5.23. The number of hydrogen-bond acceptors (Lipinski definition) is 1. The first-order chi connectivity index (χ1) is 11.6. The first kappa shape index (κ1) is 20.0. The number of rotatable bonds is 4. The lowest BCUT2D eigenvalue weighted by molar-refractivity contribution is -0.139. The zero-order valence-electron chi connectivity index (χ0n) is 12.5. The van der Waals surface area contributed by atoms with Crippen LogP contribution in [0.3, 0.4) is 0 Å². The molecule has 0 radical (unpaired) electrons. The molecular weight excluding hydrogens is 401 g/mol.